The van der Waals surface area contributed by atoms with Gasteiger partial charge < -0.3 is 9.47 Å². The lowest BCUT2D eigenvalue weighted by molar-refractivity contribution is -0.117. The van der Waals surface area contributed by atoms with Gasteiger partial charge in [0, 0.05) is 19.6 Å². The van der Waals surface area contributed by atoms with Gasteiger partial charge in [-0.2, -0.15) is 0 Å². The number of benzene rings is 1. The Morgan fingerprint density at radius 1 is 1.48 bits per heavy atom. The average molecular weight is 380 g/mol. The van der Waals surface area contributed by atoms with Gasteiger partial charge in [0.25, 0.3) is 0 Å². The van der Waals surface area contributed by atoms with Gasteiger partial charge in [0.05, 0.1) is 35.7 Å². The number of anilines is 1. The van der Waals surface area contributed by atoms with Crippen LogP contribution in [-0.2, 0) is 14.3 Å². The van der Waals surface area contributed by atoms with Crippen LogP contribution in [-0.4, -0.2) is 48.1 Å². The molecule has 1 aliphatic heterocycles. The number of hydrogen-bond donors (Lipinski definition) is 0. The molecular formula is C17H20N2O4S2. The molecule has 1 aromatic carbocycles. The molecule has 0 spiro atoms. The zero-order valence-corrected chi connectivity index (χ0v) is 15.8. The van der Waals surface area contributed by atoms with Crippen LogP contribution in [0.3, 0.4) is 0 Å². The minimum absolute atomic E-state index is 0.0211. The standard InChI is InChI=1S/C17H20N2O4S2/c1-11(20)24-10-16(21)19(9-13-4-3-7-23-13)17-18-14-8-12(22-2)5-6-15(14)25-17/h5-6,8,13H,3-4,7,9-10H2,1-2H3. The number of nitrogens with zero attached hydrogens (tertiary/aromatic N) is 2. The van der Waals surface area contributed by atoms with E-state index in [1.165, 1.54) is 18.3 Å². The molecule has 0 aliphatic carbocycles. The van der Waals surface area contributed by atoms with Crippen LogP contribution in [0.25, 0.3) is 10.2 Å². The van der Waals surface area contributed by atoms with E-state index in [0.29, 0.717) is 11.7 Å². The summed E-state index contributed by atoms with van der Waals surface area (Å²) >= 11 is 2.48. The van der Waals surface area contributed by atoms with Gasteiger partial charge in [-0.05, 0) is 25.0 Å². The number of aromatic nitrogens is 1. The van der Waals surface area contributed by atoms with Gasteiger partial charge in [0.2, 0.25) is 5.91 Å². The fraction of sp³-hybridized carbons (Fsp3) is 0.471. The van der Waals surface area contributed by atoms with Crippen molar-refractivity contribution >= 4 is 49.5 Å². The van der Waals surface area contributed by atoms with Crippen molar-refractivity contribution < 1.29 is 19.1 Å². The number of methoxy groups -OCH3 is 1. The molecule has 2 heterocycles. The van der Waals surface area contributed by atoms with E-state index in [9.17, 15) is 9.59 Å². The summed E-state index contributed by atoms with van der Waals surface area (Å²) in [5.74, 6) is 0.719. The first kappa shape index (κ1) is 18.2. The second kappa shape index (κ2) is 8.16. The highest BCUT2D eigenvalue weighted by atomic mass is 32.2. The number of fused-ring (bicyclic) bond motifs is 1. The summed E-state index contributed by atoms with van der Waals surface area (Å²) in [7, 11) is 1.61. The SMILES string of the molecule is COc1ccc2sc(N(CC3CCCO3)C(=O)CSC(C)=O)nc2c1. The smallest absolute Gasteiger partial charge is 0.239 e. The Kier molecular flexibility index (Phi) is 5.93. The minimum Gasteiger partial charge on any atom is -0.497 e. The molecule has 1 aliphatic rings. The van der Waals surface area contributed by atoms with E-state index >= 15 is 0 Å². The monoisotopic (exact) mass is 380 g/mol. The third-order valence-electron chi connectivity index (χ3n) is 3.92. The van der Waals surface area contributed by atoms with Crippen LogP contribution < -0.4 is 9.64 Å². The number of amides is 1. The Bertz CT molecular complexity index is 771. The summed E-state index contributed by atoms with van der Waals surface area (Å²) in [6, 6.07) is 5.67. The van der Waals surface area contributed by atoms with Gasteiger partial charge in [-0.1, -0.05) is 23.1 Å². The molecule has 134 valence electrons. The number of carbonyl (C=O) groups excluding carboxylic acids is 2. The molecule has 3 rings (SSSR count). The van der Waals surface area contributed by atoms with Crippen molar-refractivity contribution in [3.8, 4) is 5.75 Å². The fourth-order valence-corrected chi connectivity index (χ4v) is 4.11. The molecule has 8 heteroatoms. The van der Waals surface area contributed by atoms with Gasteiger partial charge in [-0.3, -0.25) is 14.5 Å². The average Bonchev–Trinajstić information content (AvgIpc) is 3.25. The van der Waals surface area contributed by atoms with Crippen LogP contribution in [0.4, 0.5) is 5.13 Å². The van der Waals surface area contributed by atoms with Crippen LogP contribution in [0.15, 0.2) is 18.2 Å². The van der Waals surface area contributed by atoms with E-state index in [2.05, 4.69) is 4.98 Å². The molecule has 25 heavy (non-hydrogen) atoms. The largest absolute Gasteiger partial charge is 0.497 e. The van der Waals surface area contributed by atoms with Crippen molar-refractivity contribution in [1.29, 1.82) is 0 Å². The van der Waals surface area contributed by atoms with E-state index in [-0.39, 0.29) is 22.9 Å². The van der Waals surface area contributed by atoms with Crippen LogP contribution >= 0.6 is 23.1 Å². The van der Waals surface area contributed by atoms with Crippen molar-refractivity contribution in [3.05, 3.63) is 18.2 Å². The zero-order chi connectivity index (χ0) is 17.8. The molecule has 0 N–H and O–H groups in total. The van der Waals surface area contributed by atoms with Crippen molar-refractivity contribution in [2.45, 2.75) is 25.9 Å². The molecule has 1 saturated heterocycles. The molecule has 1 atom stereocenters. The molecule has 0 radical (unpaired) electrons. The summed E-state index contributed by atoms with van der Waals surface area (Å²) in [6.45, 7) is 2.66. The fourth-order valence-electron chi connectivity index (χ4n) is 2.66. The lowest BCUT2D eigenvalue weighted by Gasteiger charge is -2.22. The lowest BCUT2D eigenvalue weighted by Crippen LogP contribution is -2.38. The second-order valence-corrected chi connectivity index (χ2v) is 7.91. The maximum atomic E-state index is 12.7. The Hall–Kier alpha value is -1.64. The normalized spacial score (nSPS) is 17.0. The highest BCUT2D eigenvalue weighted by molar-refractivity contribution is 8.14. The summed E-state index contributed by atoms with van der Waals surface area (Å²) in [4.78, 5) is 30.1. The molecule has 1 unspecified atom stereocenters. The van der Waals surface area contributed by atoms with Gasteiger partial charge >= 0.3 is 0 Å². The van der Waals surface area contributed by atoms with Gasteiger partial charge in [0.15, 0.2) is 10.2 Å². The van der Waals surface area contributed by atoms with Crippen molar-refractivity contribution in [1.82, 2.24) is 4.98 Å². The summed E-state index contributed by atoms with van der Waals surface area (Å²) in [5.41, 5.74) is 0.795. The Morgan fingerprint density at radius 2 is 2.32 bits per heavy atom. The predicted molar refractivity (Wildman–Crippen MR) is 101 cm³/mol. The van der Waals surface area contributed by atoms with E-state index < -0.39 is 0 Å². The molecule has 0 saturated carbocycles. The lowest BCUT2D eigenvalue weighted by atomic mass is 10.2. The first-order valence-electron chi connectivity index (χ1n) is 8.06. The van der Waals surface area contributed by atoms with Crippen molar-refractivity contribution in [2.75, 3.05) is 30.9 Å². The molecule has 6 nitrogen and oxygen atoms in total. The highest BCUT2D eigenvalue weighted by Gasteiger charge is 2.26. The molecular weight excluding hydrogens is 360 g/mol. The third kappa shape index (κ3) is 4.50. The van der Waals surface area contributed by atoms with Crippen LogP contribution in [0.2, 0.25) is 0 Å². The number of thioether (sulfide) groups is 1. The topological polar surface area (TPSA) is 68.7 Å². The van der Waals surface area contributed by atoms with Crippen LogP contribution in [0, 0.1) is 0 Å². The number of carbonyl (C=O) groups is 2. The molecule has 1 aromatic heterocycles. The highest BCUT2D eigenvalue weighted by Crippen LogP contribution is 2.32. The van der Waals surface area contributed by atoms with Gasteiger partial charge in [0.1, 0.15) is 5.75 Å². The van der Waals surface area contributed by atoms with Gasteiger partial charge in [-0.15, -0.1) is 0 Å². The minimum atomic E-state index is -0.123. The van der Waals surface area contributed by atoms with E-state index in [4.69, 9.17) is 9.47 Å². The zero-order valence-electron chi connectivity index (χ0n) is 14.2. The third-order valence-corrected chi connectivity index (χ3v) is 5.78. The quantitative estimate of drug-likeness (QED) is 0.767. The van der Waals surface area contributed by atoms with E-state index in [1.807, 2.05) is 18.2 Å². The molecule has 0 bridgehead atoms. The first-order chi connectivity index (χ1) is 12.1. The summed E-state index contributed by atoms with van der Waals surface area (Å²) in [5, 5.41) is 0.562. The van der Waals surface area contributed by atoms with E-state index in [1.54, 1.807) is 12.0 Å². The summed E-state index contributed by atoms with van der Waals surface area (Å²) < 4.78 is 11.9. The molecule has 1 amide bonds. The maximum absolute atomic E-state index is 12.7. The first-order valence-corrected chi connectivity index (χ1v) is 9.87. The van der Waals surface area contributed by atoms with Crippen molar-refractivity contribution in [2.24, 2.45) is 0 Å². The number of hydrogen-bond acceptors (Lipinski definition) is 7. The predicted octanol–water partition coefficient (Wildman–Crippen LogP) is 3.10. The Balaban J connectivity index is 1.86. The maximum Gasteiger partial charge on any atom is 0.239 e. The van der Waals surface area contributed by atoms with E-state index in [0.717, 1.165) is 47.2 Å². The van der Waals surface area contributed by atoms with Crippen LogP contribution in [0.1, 0.15) is 19.8 Å². The molecule has 1 fully saturated rings. The molecule has 2 aromatic rings. The summed E-state index contributed by atoms with van der Waals surface area (Å²) in [6.07, 6.45) is 1.96. The Morgan fingerprint density at radius 3 is 3.00 bits per heavy atom. The number of thiazole rings is 1. The number of ether oxygens (including phenoxy) is 2. The number of rotatable bonds is 6. The van der Waals surface area contributed by atoms with Crippen molar-refractivity contribution in [3.63, 3.8) is 0 Å². The van der Waals surface area contributed by atoms with Gasteiger partial charge in [-0.25, -0.2) is 4.98 Å². The Labute approximate surface area is 154 Å². The second-order valence-electron chi connectivity index (χ2n) is 5.75. The van der Waals surface area contributed by atoms with Crippen LogP contribution in [0.5, 0.6) is 5.75 Å².